The number of carbonyl (C=O) groups excluding carboxylic acids is 3. The van der Waals surface area contributed by atoms with Gasteiger partial charge >= 0.3 is 0 Å². The molecule has 1 saturated heterocycles. The number of rotatable bonds is 7. The van der Waals surface area contributed by atoms with E-state index in [1.165, 1.54) is 43.6 Å². The number of pyridine rings is 1. The number of aromatic hydroxyl groups is 1. The zero-order chi connectivity index (χ0) is 26.4. The fourth-order valence-corrected chi connectivity index (χ4v) is 4.22. The number of hydrogen-bond donors (Lipinski definition) is 5. The maximum absolute atomic E-state index is 13.0. The minimum absolute atomic E-state index is 0.108. The zero-order valence-corrected chi connectivity index (χ0v) is 20.4. The van der Waals surface area contributed by atoms with Crippen LogP contribution in [-0.4, -0.2) is 60.0 Å². The fraction of sp³-hybridized carbons (Fsp3) is 0.259. The molecule has 1 aromatic heterocycles. The number of hydrogen-bond acceptors (Lipinski definition) is 8. The van der Waals surface area contributed by atoms with E-state index >= 15 is 0 Å². The van der Waals surface area contributed by atoms with Crippen LogP contribution in [0.5, 0.6) is 11.5 Å². The Morgan fingerprint density at radius 3 is 2.41 bits per heavy atom. The van der Waals surface area contributed by atoms with Crippen molar-refractivity contribution in [2.45, 2.75) is 24.9 Å². The van der Waals surface area contributed by atoms with Crippen LogP contribution < -0.4 is 26.4 Å². The standard InChI is InChI=1S/C27H29N5O5/c1-37-19-8-9-23(33)20(14-19)25(34)16-4-6-17(7-5-16)26(35)31-21-3-2-11-29-15-22(21)32-27(36)18-10-12-30-24(28)13-18/h4-10,12-14,21-22,29,33H,2-3,11,15H2,1H3,(H2,28,30)(H,31,35)(H,32,36)/t21-,22-/m1/s1. The van der Waals surface area contributed by atoms with Gasteiger partial charge in [0, 0.05) is 29.4 Å². The van der Waals surface area contributed by atoms with E-state index in [1.807, 2.05) is 0 Å². The molecule has 2 heterocycles. The quantitative estimate of drug-likeness (QED) is 0.306. The third-order valence-corrected chi connectivity index (χ3v) is 6.25. The third kappa shape index (κ3) is 6.22. The molecule has 2 aromatic carbocycles. The van der Waals surface area contributed by atoms with Crippen LogP contribution in [0.4, 0.5) is 5.82 Å². The minimum atomic E-state index is -0.391. The van der Waals surface area contributed by atoms with E-state index in [2.05, 4.69) is 20.9 Å². The second-order valence-electron chi connectivity index (χ2n) is 8.77. The molecule has 0 radical (unpaired) electrons. The highest BCUT2D eigenvalue weighted by Crippen LogP contribution is 2.25. The van der Waals surface area contributed by atoms with Crippen molar-refractivity contribution < 1.29 is 24.2 Å². The lowest BCUT2D eigenvalue weighted by atomic mass is 10.00. The highest BCUT2D eigenvalue weighted by Gasteiger charge is 2.27. The Labute approximate surface area is 214 Å². The molecule has 3 aromatic rings. The van der Waals surface area contributed by atoms with Gasteiger partial charge in [0.05, 0.1) is 24.8 Å². The number of phenolic OH excluding ortho intramolecular Hbond substituents is 1. The largest absolute Gasteiger partial charge is 0.507 e. The van der Waals surface area contributed by atoms with Crippen molar-refractivity contribution in [2.24, 2.45) is 0 Å². The Morgan fingerprint density at radius 2 is 1.68 bits per heavy atom. The number of nitrogens with two attached hydrogens (primary N) is 1. The summed E-state index contributed by atoms with van der Waals surface area (Å²) in [5.41, 5.74) is 6.89. The van der Waals surface area contributed by atoms with Crippen LogP contribution in [0.25, 0.3) is 0 Å². The van der Waals surface area contributed by atoms with E-state index in [4.69, 9.17) is 10.5 Å². The molecule has 0 saturated carbocycles. The van der Waals surface area contributed by atoms with Crippen LogP contribution in [0.2, 0.25) is 0 Å². The lowest BCUT2D eigenvalue weighted by Crippen LogP contribution is -2.54. The molecule has 10 nitrogen and oxygen atoms in total. The number of aromatic nitrogens is 1. The second-order valence-corrected chi connectivity index (χ2v) is 8.77. The van der Waals surface area contributed by atoms with Crippen molar-refractivity contribution in [2.75, 3.05) is 25.9 Å². The number of phenols is 1. The summed E-state index contributed by atoms with van der Waals surface area (Å²) in [5.74, 6) is -0.466. The van der Waals surface area contributed by atoms with Crippen LogP contribution in [0.3, 0.4) is 0 Å². The maximum Gasteiger partial charge on any atom is 0.251 e. The SMILES string of the molecule is COc1ccc(O)c(C(=O)c2ccc(C(=O)N[C@@H]3CCCNC[C@H]3NC(=O)c3ccnc(N)c3)cc2)c1. The van der Waals surface area contributed by atoms with Gasteiger partial charge < -0.3 is 31.5 Å². The highest BCUT2D eigenvalue weighted by molar-refractivity contribution is 6.11. The molecule has 0 spiro atoms. The van der Waals surface area contributed by atoms with Crippen molar-refractivity contribution in [3.8, 4) is 11.5 Å². The van der Waals surface area contributed by atoms with Gasteiger partial charge in [-0.25, -0.2) is 4.98 Å². The van der Waals surface area contributed by atoms with Crippen molar-refractivity contribution in [3.63, 3.8) is 0 Å². The molecule has 4 rings (SSSR count). The van der Waals surface area contributed by atoms with Crippen LogP contribution in [0, 0.1) is 0 Å². The molecular formula is C27H29N5O5. The molecule has 0 aliphatic carbocycles. The molecule has 2 amide bonds. The summed E-state index contributed by atoms with van der Waals surface area (Å²) in [5, 5.41) is 19.4. The Kier molecular flexibility index (Phi) is 7.99. The Balaban J connectivity index is 1.45. The number of nitrogens with zero attached hydrogens (tertiary/aromatic N) is 1. The predicted molar refractivity (Wildman–Crippen MR) is 138 cm³/mol. The summed E-state index contributed by atoms with van der Waals surface area (Å²) in [6.07, 6.45) is 2.98. The highest BCUT2D eigenvalue weighted by atomic mass is 16.5. The number of benzene rings is 2. The molecule has 0 unspecified atom stereocenters. The lowest BCUT2D eigenvalue weighted by Gasteiger charge is -2.27. The van der Waals surface area contributed by atoms with Gasteiger partial charge in [-0.3, -0.25) is 14.4 Å². The summed E-state index contributed by atoms with van der Waals surface area (Å²) >= 11 is 0. The maximum atomic E-state index is 13.0. The molecule has 10 heteroatoms. The average Bonchev–Trinajstić information content (AvgIpc) is 3.13. The van der Waals surface area contributed by atoms with Gasteiger partial charge in [0.2, 0.25) is 0 Å². The molecule has 6 N–H and O–H groups in total. The first-order valence-corrected chi connectivity index (χ1v) is 11.9. The smallest absolute Gasteiger partial charge is 0.251 e. The van der Waals surface area contributed by atoms with Gasteiger partial charge in [-0.2, -0.15) is 0 Å². The summed E-state index contributed by atoms with van der Waals surface area (Å²) in [7, 11) is 1.48. The van der Waals surface area contributed by atoms with Gasteiger partial charge in [-0.15, -0.1) is 0 Å². The third-order valence-electron chi connectivity index (χ3n) is 6.25. The van der Waals surface area contributed by atoms with Gasteiger partial charge in [-0.05, 0) is 61.9 Å². The molecule has 192 valence electrons. The summed E-state index contributed by atoms with van der Waals surface area (Å²) in [4.78, 5) is 42.6. The van der Waals surface area contributed by atoms with Gasteiger partial charge in [0.15, 0.2) is 5.78 Å². The number of ketones is 1. The molecule has 1 aliphatic rings. The van der Waals surface area contributed by atoms with Gasteiger partial charge in [-0.1, -0.05) is 12.1 Å². The summed E-state index contributed by atoms with van der Waals surface area (Å²) in [6.45, 7) is 1.27. The normalized spacial score (nSPS) is 17.3. The van der Waals surface area contributed by atoms with Crippen LogP contribution >= 0.6 is 0 Å². The predicted octanol–water partition coefficient (Wildman–Crippen LogP) is 1.89. The van der Waals surface area contributed by atoms with E-state index in [0.717, 1.165) is 13.0 Å². The second kappa shape index (κ2) is 11.5. The first-order chi connectivity index (χ1) is 17.9. The van der Waals surface area contributed by atoms with Crippen LogP contribution in [-0.2, 0) is 0 Å². The van der Waals surface area contributed by atoms with E-state index in [9.17, 15) is 19.5 Å². The molecule has 1 aliphatic heterocycles. The monoisotopic (exact) mass is 503 g/mol. The van der Waals surface area contributed by atoms with Crippen molar-refractivity contribution in [1.29, 1.82) is 0 Å². The Morgan fingerprint density at radius 1 is 0.973 bits per heavy atom. The first-order valence-electron chi connectivity index (χ1n) is 11.9. The zero-order valence-electron chi connectivity index (χ0n) is 20.4. The number of carbonyl (C=O) groups is 3. The molecule has 2 atom stereocenters. The van der Waals surface area contributed by atoms with Crippen molar-refractivity contribution in [3.05, 3.63) is 83.0 Å². The summed E-state index contributed by atoms with van der Waals surface area (Å²) in [6, 6.07) is 13.1. The van der Waals surface area contributed by atoms with Crippen molar-refractivity contribution >= 4 is 23.4 Å². The van der Waals surface area contributed by atoms with E-state index < -0.39 is 5.78 Å². The number of nitrogens with one attached hydrogen (secondary N) is 3. The number of methoxy groups -OCH3 is 1. The van der Waals surface area contributed by atoms with E-state index in [-0.39, 0.29) is 41.0 Å². The average molecular weight is 504 g/mol. The number of nitrogen functional groups attached to an aromatic ring is 1. The molecule has 1 fully saturated rings. The minimum Gasteiger partial charge on any atom is -0.507 e. The molecule has 0 bridgehead atoms. The molecular weight excluding hydrogens is 474 g/mol. The van der Waals surface area contributed by atoms with Gasteiger partial charge in [0.25, 0.3) is 11.8 Å². The Hall–Kier alpha value is -4.44. The van der Waals surface area contributed by atoms with Gasteiger partial charge in [0.1, 0.15) is 17.3 Å². The molecule has 37 heavy (non-hydrogen) atoms. The van der Waals surface area contributed by atoms with E-state index in [1.54, 1.807) is 24.3 Å². The number of amides is 2. The first kappa shape index (κ1) is 25.6. The van der Waals surface area contributed by atoms with Crippen LogP contribution in [0.15, 0.2) is 60.8 Å². The lowest BCUT2D eigenvalue weighted by molar-refractivity contribution is 0.0882. The Bertz CT molecular complexity index is 1290. The summed E-state index contributed by atoms with van der Waals surface area (Å²) < 4.78 is 5.14. The van der Waals surface area contributed by atoms with Crippen molar-refractivity contribution in [1.82, 2.24) is 20.9 Å². The topological polar surface area (TPSA) is 156 Å². The fourth-order valence-electron chi connectivity index (χ4n) is 4.22. The number of ether oxygens (including phenoxy) is 1. The number of anilines is 1. The van der Waals surface area contributed by atoms with E-state index in [0.29, 0.717) is 35.4 Å². The van der Waals surface area contributed by atoms with Crippen LogP contribution in [0.1, 0.15) is 49.5 Å².